The Morgan fingerprint density at radius 3 is 2.25 bits per heavy atom. The number of hydrogen-bond acceptors (Lipinski definition) is 9. The third-order valence-corrected chi connectivity index (χ3v) is 7.77. The number of phenols is 4. The molecular weight excluding hydrogens is 538 g/mol. The molecule has 11 nitrogen and oxygen atoms in total. The van der Waals surface area contributed by atoms with Crippen LogP contribution in [-0.4, -0.2) is 68.2 Å². The summed E-state index contributed by atoms with van der Waals surface area (Å²) in [5, 5.41) is 50.5. The van der Waals surface area contributed by atoms with Crippen LogP contribution in [0, 0.1) is 0 Å². The summed E-state index contributed by atoms with van der Waals surface area (Å²) in [6.07, 6.45) is 0.888. The summed E-state index contributed by atoms with van der Waals surface area (Å²) in [5.41, 5.74) is -0.890. The lowest BCUT2D eigenvalue weighted by Gasteiger charge is -2.33. The van der Waals surface area contributed by atoms with Crippen LogP contribution in [0.25, 0.3) is 22.3 Å². The number of aromatic hydroxyl groups is 5. The molecule has 0 spiro atoms. The summed E-state index contributed by atoms with van der Waals surface area (Å²) in [6.45, 7) is 2.31. The van der Waals surface area contributed by atoms with Crippen LogP contribution >= 0.6 is 30.9 Å². The Labute approximate surface area is 215 Å². The molecule has 0 aliphatic carbocycles. The van der Waals surface area contributed by atoms with Gasteiger partial charge < -0.3 is 34.5 Å². The second kappa shape index (κ2) is 12.1. The Morgan fingerprint density at radius 1 is 0.972 bits per heavy atom. The summed E-state index contributed by atoms with van der Waals surface area (Å²) in [6, 6.07) is 5.64. The number of phenolic OH excluding ortho intramolecular Hbond substituents is 4. The first-order valence-corrected chi connectivity index (χ1v) is 13.4. The van der Waals surface area contributed by atoms with Crippen LogP contribution in [0.15, 0.2) is 39.5 Å². The highest BCUT2D eigenvalue weighted by atomic mass is 35.5. The van der Waals surface area contributed by atoms with Gasteiger partial charge >= 0.3 is 7.67 Å². The molecule has 0 radical (unpaired) electrons. The van der Waals surface area contributed by atoms with Crippen molar-refractivity contribution in [2.75, 3.05) is 38.0 Å². The average Bonchev–Trinajstić information content (AvgIpc) is 2.83. The van der Waals surface area contributed by atoms with Crippen LogP contribution in [0.5, 0.6) is 28.7 Å². The van der Waals surface area contributed by atoms with Crippen molar-refractivity contribution in [2.45, 2.75) is 6.42 Å². The molecule has 1 aliphatic rings. The van der Waals surface area contributed by atoms with Crippen molar-refractivity contribution in [1.82, 2.24) is 9.76 Å². The molecule has 6 N–H and O–H groups in total. The monoisotopic (exact) mass is 562 g/mol. The van der Waals surface area contributed by atoms with Crippen LogP contribution in [0.1, 0.15) is 6.42 Å². The fourth-order valence-corrected chi connectivity index (χ4v) is 6.06. The van der Waals surface area contributed by atoms with Gasteiger partial charge in [-0.15, -0.1) is 23.2 Å². The van der Waals surface area contributed by atoms with Gasteiger partial charge in [0.2, 0.25) is 11.2 Å². The molecule has 4 rings (SSSR count). The third kappa shape index (κ3) is 6.18. The summed E-state index contributed by atoms with van der Waals surface area (Å²) in [4.78, 5) is 12.1. The molecule has 0 bridgehead atoms. The van der Waals surface area contributed by atoms with Crippen molar-refractivity contribution >= 4 is 41.8 Å². The highest BCUT2D eigenvalue weighted by Crippen LogP contribution is 2.48. The van der Waals surface area contributed by atoms with Crippen molar-refractivity contribution < 1.29 is 39.0 Å². The van der Waals surface area contributed by atoms with Gasteiger partial charge in [0.05, 0.1) is 6.61 Å². The molecule has 3 aromatic rings. The van der Waals surface area contributed by atoms with E-state index in [-0.39, 0.29) is 33.8 Å². The van der Waals surface area contributed by atoms with E-state index < -0.39 is 30.3 Å². The molecule has 1 aliphatic heterocycles. The Morgan fingerprint density at radius 2 is 1.67 bits per heavy atom. The van der Waals surface area contributed by atoms with E-state index >= 15 is 0 Å². The van der Waals surface area contributed by atoms with Crippen LogP contribution < -0.4 is 10.5 Å². The topological polar surface area (TPSA) is 173 Å². The average molecular weight is 563 g/mol. The minimum atomic E-state index is -2.84. The fraction of sp³-hybridized carbons (Fsp3) is 0.318. The second-order valence-electron chi connectivity index (χ2n) is 7.60. The quantitative estimate of drug-likeness (QED) is 0.146. The van der Waals surface area contributed by atoms with Crippen molar-refractivity contribution in [1.29, 1.82) is 0 Å². The minimum absolute atomic E-state index is 0.134. The molecule has 0 saturated carbocycles. The normalized spacial score (nSPS) is 17.6. The number of alkyl halides is 2. The molecule has 2 aromatic carbocycles. The number of rotatable bonds is 6. The van der Waals surface area contributed by atoms with E-state index in [2.05, 4.69) is 5.09 Å². The van der Waals surface area contributed by atoms with E-state index in [9.17, 15) is 34.9 Å². The second-order valence-corrected chi connectivity index (χ2v) is 10.5. The molecule has 1 unspecified atom stereocenters. The molecule has 2 heterocycles. The fourth-order valence-electron chi connectivity index (χ4n) is 3.41. The molecule has 1 aromatic heterocycles. The van der Waals surface area contributed by atoms with Gasteiger partial charge in [0.1, 0.15) is 22.5 Å². The van der Waals surface area contributed by atoms with Gasteiger partial charge in [-0.3, -0.25) is 9.36 Å². The zero-order valence-corrected chi connectivity index (χ0v) is 21.3. The molecule has 14 heteroatoms. The van der Waals surface area contributed by atoms with E-state index in [1.165, 1.54) is 6.07 Å². The molecule has 196 valence electrons. The Hall–Kier alpha value is -2.66. The van der Waals surface area contributed by atoms with Crippen LogP contribution in [0.2, 0.25) is 0 Å². The minimum Gasteiger partial charge on any atom is -0.508 e. The highest BCUT2D eigenvalue weighted by Gasteiger charge is 2.32. The van der Waals surface area contributed by atoms with Gasteiger partial charge in [0.15, 0.2) is 17.3 Å². The largest absolute Gasteiger partial charge is 0.508 e. The van der Waals surface area contributed by atoms with Crippen LogP contribution in [0.4, 0.5) is 0 Å². The lowest BCUT2D eigenvalue weighted by molar-refractivity contribution is 0.233. The molecule has 1 atom stereocenters. The number of fused-ring (bicyclic) bond motifs is 1. The predicted molar refractivity (Wildman–Crippen MR) is 135 cm³/mol. The lowest BCUT2D eigenvalue weighted by Crippen LogP contribution is -2.35. The van der Waals surface area contributed by atoms with E-state index in [4.69, 9.17) is 32.1 Å². The Balaban J connectivity index is 0.000000223. The standard InChI is InChI=1S/C15H10O7.C7H15Cl2N2O2P/c16-7-4-10(19)12-11(5-7)22-15(14(21)13(12)20)6-1-2-8(17)9(18)3-6;8-2-5-11(6-3-9)14(12)10-4-1-7-13-14/h1-5,16-19,21H;1-7H2,(H,10,12). The van der Waals surface area contributed by atoms with Crippen molar-refractivity contribution in [3.8, 4) is 40.1 Å². The zero-order chi connectivity index (χ0) is 26.5. The smallest absolute Gasteiger partial charge is 0.343 e. The van der Waals surface area contributed by atoms with Crippen molar-refractivity contribution in [3.63, 3.8) is 0 Å². The van der Waals surface area contributed by atoms with Gasteiger partial charge in [-0.25, -0.2) is 9.76 Å². The number of nitrogens with one attached hydrogen (secondary N) is 1. The van der Waals surface area contributed by atoms with E-state index in [0.29, 0.717) is 31.5 Å². The SMILES string of the molecule is O=P1(N(CCCl)CCCl)NCCCO1.O=c1c(O)c(-c2ccc(O)c(O)c2)oc2cc(O)cc(O)c12. The van der Waals surface area contributed by atoms with Gasteiger partial charge in [0.25, 0.3) is 0 Å². The maximum atomic E-state index is 12.2. The maximum Gasteiger partial charge on any atom is 0.343 e. The van der Waals surface area contributed by atoms with E-state index in [1.807, 2.05) is 0 Å². The Bertz CT molecular complexity index is 1320. The number of benzene rings is 2. The number of halogens is 2. The van der Waals surface area contributed by atoms with E-state index in [0.717, 1.165) is 37.2 Å². The predicted octanol–water partition coefficient (Wildman–Crippen LogP) is 3.87. The molecule has 1 fully saturated rings. The molecule has 1 saturated heterocycles. The molecular formula is C22H25Cl2N2O9P. The van der Waals surface area contributed by atoms with Crippen LogP contribution in [0.3, 0.4) is 0 Å². The first-order chi connectivity index (χ1) is 17.1. The first kappa shape index (κ1) is 27.9. The lowest BCUT2D eigenvalue weighted by atomic mass is 10.1. The van der Waals surface area contributed by atoms with Gasteiger partial charge in [-0.2, -0.15) is 0 Å². The van der Waals surface area contributed by atoms with E-state index in [1.54, 1.807) is 4.67 Å². The van der Waals surface area contributed by atoms with Crippen molar-refractivity contribution in [2.24, 2.45) is 0 Å². The third-order valence-electron chi connectivity index (χ3n) is 5.13. The summed E-state index contributed by atoms with van der Waals surface area (Å²) >= 11 is 11.2. The molecule has 36 heavy (non-hydrogen) atoms. The van der Waals surface area contributed by atoms with Crippen LogP contribution in [-0.2, 0) is 9.09 Å². The summed E-state index contributed by atoms with van der Waals surface area (Å²) < 4.78 is 24.5. The number of nitrogens with zero attached hydrogens (tertiary/aromatic N) is 1. The van der Waals surface area contributed by atoms with Gasteiger partial charge in [-0.05, 0) is 24.6 Å². The summed E-state index contributed by atoms with van der Waals surface area (Å²) in [7, 11) is -2.84. The zero-order valence-electron chi connectivity index (χ0n) is 18.9. The maximum absolute atomic E-state index is 12.2. The van der Waals surface area contributed by atoms with Gasteiger partial charge in [0, 0.05) is 49.1 Å². The first-order valence-electron chi connectivity index (χ1n) is 10.7. The molecule has 0 amide bonds. The number of hydrogen-bond donors (Lipinski definition) is 6. The Kier molecular flexibility index (Phi) is 9.35. The summed E-state index contributed by atoms with van der Waals surface area (Å²) in [5.74, 6) is -1.87. The van der Waals surface area contributed by atoms with Gasteiger partial charge in [-0.1, -0.05) is 0 Å². The van der Waals surface area contributed by atoms with Crippen molar-refractivity contribution in [3.05, 3.63) is 40.6 Å². The highest BCUT2D eigenvalue weighted by molar-refractivity contribution is 7.54.